The van der Waals surface area contributed by atoms with Gasteiger partial charge in [0.1, 0.15) is 24.7 Å². The average molecular weight is 615 g/mol. The van der Waals surface area contributed by atoms with Gasteiger partial charge in [0.15, 0.2) is 11.5 Å². The first-order valence-corrected chi connectivity index (χ1v) is 13.4. The first-order valence-electron chi connectivity index (χ1n) is 11.8. The summed E-state index contributed by atoms with van der Waals surface area (Å²) in [7, 11) is 1.54. The lowest BCUT2D eigenvalue weighted by molar-refractivity contribution is -0.127. The van der Waals surface area contributed by atoms with Gasteiger partial charge in [0.05, 0.1) is 18.6 Å². The SMILES string of the molecule is CCOc1cc(/C=C2/SC(=O)N(CC(=O)Nc3ccc(OC)cc3)C2=O)c(Br)cc1OCc1cccc(F)c1. The van der Waals surface area contributed by atoms with Crippen LogP contribution in [0.25, 0.3) is 6.08 Å². The highest BCUT2D eigenvalue weighted by Crippen LogP contribution is 2.38. The lowest BCUT2D eigenvalue weighted by atomic mass is 10.1. The number of benzene rings is 3. The molecule has 39 heavy (non-hydrogen) atoms. The number of hydrogen-bond donors (Lipinski definition) is 1. The van der Waals surface area contributed by atoms with Crippen LogP contribution in [0, 0.1) is 5.82 Å². The minimum Gasteiger partial charge on any atom is -0.497 e. The van der Waals surface area contributed by atoms with Crippen molar-refractivity contribution >= 4 is 56.5 Å². The number of halogens is 2. The second-order valence-electron chi connectivity index (χ2n) is 8.22. The van der Waals surface area contributed by atoms with Crippen molar-refractivity contribution in [3.05, 3.63) is 87.0 Å². The molecule has 3 aromatic rings. The molecule has 8 nitrogen and oxygen atoms in total. The summed E-state index contributed by atoms with van der Waals surface area (Å²) < 4.78 is 30.8. The minimum atomic E-state index is -0.578. The summed E-state index contributed by atoms with van der Waals surface area (Å²) in [6.45, 7) is 1.88. The first-order chi connectivity index (χ1) is 18.8. The zero-order chi connectivity index (χ0) is 27.9. The van der Waals surface area contributed by atoms with Gasteiger partial charge in [-0.2, -0.15) is 0 Å². The maximum Gasteiger partial charge on any atom is 0.294 e. The molecular weight excluding hydrogens is 591 g/mol. The van der Waals surface area contributed by atoms with Crippen molar-refractivity contribution < 1.29 is 33.0 Å². The number of carbonyl (C=O) groups is 3. The molecule has 1 N–H and O–H groups in total. The topological polar surface area (TPSA) is 94.2 Å². The van der Waals surface area contributed by atoms with Gasteiger partial charge in [-0.05, 0) is 84.4 Å². The first kappa shape index (κ1) is 28.2. The summed E-state index contributed by atoms with van der Waals surface area (Å²) in [4.78, 5) is 39.1. The van der Waals surface area contributed by atoms with Crippen LogP contribution in [-0.4, -0.2) is 42.2 Å². The fourth-order valence-corrected chi connectivity index (χ4v) is 4.89. The van der Waals surface area contributed by atoms with E-state index >= 15 is 0 Å². The Labute approximate surface area is 237 Å². The van der Waals surface area contributed by atoms with Crippen LogP contribution in [0.1, 0.15) is 18.1 Å². The van der Waals surface area contributed by atoms with Crippen LogP contribution in [0.5, 0.6) is 17.2 Å². The van der Waals surface area contributed by atoms with Crippen molar-refractivity contribution in [3.8, 4) is 17.2 Å². The lowest BCUT2D eigenvalue weighted by Crippen LogP contribution is -2.36. The summed E-state index contributed by atoms with van der Waals surface area (Å²) >= 11 is 4.23. The summed E-state index contributed by atoms with van der Waals surface area (Å²) in [5.41, 5.74) is 1.74. The molecule has 0 radical (unpaired) electrons. The van der Waals surface area contributed by atoms with E-state index in [4.69, 9.17) is 14.2 Å². The lowest BCUT2D eigenvalue weighted by Gasteiger charge is -2.14. The summed E-state index contributed by atoms with van der Waals surface area (Å²) in [6, 6.07) is 16.1. The van der Waals surface area contributed by atoms with Crippen LogP contribution in [0.4, 0.5) is 14.9 Å². The van der Waals surface area contributed by atoms with Gasteiger partial charge in [-0.3, -0.25) is 19.3 Å². The molecule has 3 aromatic carbocycles. The van der Waals surface area contributed by atoms with E-state index in [0.717, 1.165) is 16.7 Å². The smallest absolute Gasteiger partial charge is 0.294 e. The number of imide groups is 1. The van der Waals surface area contributed by atoms with Crippen molar-refractivity contribution in [2.45, 2.75) is 13.5 Å². The van der Waals surface area contributed by atoms with E-state index in [0.29, 0.717) is 45.1 Å². The van der Waals surface area contributed by atoms with Gasteiger partial charge < -0.3 is 19.5 Å². The molecule has 0 atom stereocenters. The number of hydrogen-bond acceptors (Lipinski definition) is 7. The van der Waals surface area contributed by atoms with Gasteiger partial charge in [0.25, 0.3) is 11.1 Å². The Kier molecular flexibility index (Phi) is 9.26. The van der Waals surface area contributed by atoms with Crippen molar-refractivity contribution in [3.63, 3.8) is 0 Å². The monoisotopic (exact) mass is 614 g/mol. The quantitative estimate of drug-likeness (QED) is 0.270. The Bertz CT molecular complexity index is 1430. The number of carbonyl (C=O) groups excluding carboxylic acids is 3. The minimum absolute atomic E-state index is 0.126. The fraction of sp³-hybridized carbons (Fsp3) is 0.179. The van der Waals surface area contributed by atoms with E-state index in [1.807, 2.05) is 6.92 Å². The van der Waals surface area contributed by atoms with Gasteiger partial charge in [0, 0.05) is 10.2 Å². The third-order valence-electron chi connectivity index (χ3n) is 5.48. The Morgan fingerprint density at radius 2 is 1.82 bits per heavy atom. The summed E-state index contributed by atoms with van der Waals surface area (Å²) in [5, 5.41) is 2.11. The Balaban J connectivity index is 1.47. The molecule has 1 aliphatic rings. The molecule has 0 unspecified atom stereocenters. The molecule has 1 heterocycles. The van der Waals surface area contributed by atoms with Crippen LogP contribution in [0.3, 0.4) is 0 Å². The number of amides is 3. The number of ether oxygens (including phenoxy) is 3. The van der Waals surface area contributed by atoms with E-state index < -0.39 is 23.6 Å². The molecule has 202 valence electrons. The highest BCUT2D eigenvalue weighted by atomic mass is 79.9. The average Bonchev–Trinajstić information content (AvgIpc) is 3.17. The molecule has 4 rings (SSSR count). The van der Waals surface area contributed by atoms with Gasteiger partial charge in [-0.1, -0.05) is 28.1 Å². The Morgan fingerprint density at radius 3 is 2.51 bits per heavy atom. The van der Waals surface area contributed by atoms with Crippen LogP contribution in [0.2, 0.25) is 0 Å². The number of nitrogens with zero attached hydrogens (tertiary/aromatic N) is 1. The summed E-state index contributed by atoms with van der Waals surface area (Å²) in [5.74, 6) is 0.0307. The number of anilines is 1. The molecule has 1 fully saturated rings. The van der Waals surface area contributed by atoms with E-state index in [1.54, 1.807) is 54.6 Å². The van der Waals surface area contributed by atoms with Gasteiger partial charge in [-0.25, -0.2) is 4.39 Å². The highest BCUT2D eigenvalue weighted by Gasteiger charge is 2.36. The Hall–Kier alpha value is -3.83. The molecule has 0 spiro atoms. The largest absolute Gasteiger partial charge is 0.497 e. The number of rotatable bonds is 10. The summed E-state index contributed by atoms with van der Waals surface area (Å²) in [6.07, 6.45) is 1.55. The van der Waals surface area contributed by atoms with Crippen LogP contribution in [-0.2, 0) is 16.2 Å². The second kappa shape index (κ2) is 12.8. The van der Waals surface area contributed by atoms with Gasteiger partial charge in [0.2, 0.25) is 5.91 Å². The van der Waals surface area contributed by atoms with E-state index in [-0.39, 0.29) is 17.3 Å². The maximum atomic E-state index is 13.5. The molecule has 0 aromatic heterocycles. The Morgan fingerprint density at radius 1 is 1.08 bits per heavy atom. The third kappa shape index (κ3) is 7.18. The van der Waals surface area contributed by atoms with Crippen molar-refractivity contribution in [2.24, 2.45) is 0 Å². The van der Waals surface area contributed by atoms with Crippen LogP contribution < -0.4 is 19.5 Å². The molecule has 3 amide bonds. The molecule has 0 bridgehead atoms. The zero-order valence-electron chi connectivity index (χ0n) is 21.0. The highest BCUT2D eigenvalue weighted by molar-refractivity contribution is 9.10. The predicted octanol–water partition coefficient (Wildman–Crippen LogP) is 6.25. The zero-order valence-corrected chi connectivity index (χ0v) is 23.4. The molecule has 1 saturated heterocycles. The fourth-order valence-electron chi connectivity index (χ4n) is 3.63. The second-order valence-corrected chi connectivity index (χ2v) is 10.1. The number of methoxy groups -OCH3 is 1. The normalized spacial score (nSPS) is 14.1. The van der Waals surface area contributed by atoms with Gasteiger partial charge >= 0.3 is 0 Å². The molecule has 0 saturated carbocycles. The van der Waals surface area contributed by atoms with Gasteiger partial charge in [-0.15, -0.1) is 0 Å². The van der Waals surface area contributed by atoms with Crippen molar-refractivity contribution in [1.29, 1.82) is 0 Å². The van der Waals surface area contributed by atoms with Crippen LogP contribution in [0.15, 0.2) is 70.0 Å². The predicted molar refractivity (Wildman–Crippen MR) is 150 cm³/mol. The third-order valence-corrected chi connectivity index (χ3v) is 7.08. The number of nitrogens with one attached hydrogen (secondary N) is 1. The van der Waals surface area contributed by atoms with Crippen LogP contribution >= 0.6 is 27.7 Å². The molecular formula is C28H24BrFN2O6S. The molecule has 1 aliphatic heterocycles. The maximum absolute atomic E-state index is 13.5. The molecule has 11 heteroatoms. The standard InChI is InChI=1S/C28H24BrFN2O6S/c1-3-37-23-12-18(22(29)14-24(23)38-16-17-5-4-6-19(30)11-17)13-25-27(34)32(28(35)39-25)15-26(33)31-20-7-9-21(36-2)10-8-20/h4-14H,3,15-16H2,1-2H3,(H,31,33)/b25-13+. The van der Waals surface area contributed by atoms with E-state index in [1.165, 1.54) is 19.2 Å². The van der Waals surface area contributed by atoms with Crippen molar-refractivity contribution in [2.75, 3.05) is 25.6 Å². The molecule has 0 aliphatic carbocycles. The van der Waals surface area contributed by atoms with E-state index in [2.05, 4.69) is 21.2 Å². The van der Waals surface area contributed by atoms with Crippen molar-refractivity contribution in [1.82, 2.24) is 4.90 Å². The number of thioether (sulfide) groups is 1. The van der Waals surface area contributed by atoms with E-state index in [9.17, 15) is 18.8 Å².